The van der Waals surface area contributed by atoms with Crippen LogP contribution in [0.1, 0.15) is 44.1 Å². The first-order valence-corrected chi connectivity index (χ1v) is 7.09. The lowest BCUT2D eigenvalue weighted by atomic mass is 9.78. The van der Waals surface area contributed by atoms with Crippen molar-refractivity contribution < 1.29 is 9.53 Å². The maximum Gasteiger partial charge on any atom is 0.152 e. The zero-order valence-electron chi connectivity index (χ0n) is 11.7. The number of ether oxygens (including phenoxy) is 1. The van der Waals surface area contributed by atoms with Crippen molar-refractivity contribution >= 4 is 5.78 Å². The molecule has 3 heteroatoms. The fraction of sp³-hybridized carbons (Fsp3) is 0.562. The summed E-state index contributed by atoms with van der Waals surface area (Å²) in [4.78, 5) is 12.3. The number of ketones is 1. The smallest absolute Gasteiger partial charge is 0.152 e. The fourth-order valence-electron chi connectivity index (χ4n) is 2.76. The quantitative estimate of drug-likeness (QED) is 0.886. The number of hydrogen-bond acceptors (Lipinski definition) is 3. The first kappa shape index (κ1) is 14.1. The summed E-state index contributed by atoms with van der Waals surface area (Å²) in [6.45, 7) is 0. The van der Waals surface area contributed by atoms with Crippen LogP contribution in [-0.2, 0) is 11.2 Å². The Labute approximate surface area is 115 Å². The molecule has 3 nitrogen and oxygen atoms in total. The standard InChI is InChI=1S/C16H23NO2/c1-19-14-8-5-13(6-9-14)7-10-15(18)16(17)11-3-2-4-12-16/h5-6,8-9H,2-4,7,10-12,17H2,1H3. The van der Waals surface area contributed by atoms with Gasteiger partial charge in [-0.1, -0.05) is 31.4 Å². The number of Topliss-reactive ketones (excluding diaryl/α,β-unsaturated/α-hetero) is 1. The molecular formula is C16H23NO2. The number of carbonyl (C=O) groups excluding carboxylic acids is 1. The van der Waals surface area contributed by atoms with Gasteiger partial charge in [-0.25, -0.2) is 0 Å². The van der Waals surface area contributed by atoms with Crippen molar-refractivity contribution in [3.05, 3.63) is 29.8 Å². The molecule has 2 rings (SSSR count). The highest BCUT2D eigenvalue weighted by atomic mass is 16.5. The van der Waals surface area contributed by atoms with Gasteiger partial charge in [0.1, 0.15) is 5.75 Å². The highest BCUT2D eigenvalue weighted by molar-refractivity contribution is 5.88. The largest absolute Gasteiger partial charge is 0.497 e. The Hall–Kier alpha value is -1.35. The van der Waals surface area contributed by atoms with Gasteiger partial charge >= 0.3 is 0 Å². The number of methoxy groups -OCH3 is 1. The predicted molar refractivity (Wildman–Crippen MR) is 76.3 cm³/mol. The molecule has 1 aliphatic carbocycles. The van der Waals surface area contributed by atoms with Gasteiger partial charge in [0.05, 0.1) is 12.6 Å². The van der Waals surface area contributed by atoms with Crippen molar-refractivity contribution in [1.29, 1.82) is 0 Å². The molecule has 1 aromatic rings. The molecule has 2 N–H and O–H groups in total. The third-order valence-electron chi connectivity index (χ3n) is 4.10. The Bertz CT molecular complexity index is 419. The van der Waals surface area contributed by atoms with E-state index < -0.39 is 5.54 Å². The number of rotatable bonds is 5. The van der Waals surface area contributed by atoms with Crippen LogP contribution in [-0.4, -0.2) is 18.4 Å². The first-order valence-electron chi connectivity index (χ1n) is 7.09. The van der Waals surface area contributed by atoms with E-state index in [9.17, 15) is 4.79 Å². The second-order valence-electron chi connectivity index (χ2n) is 5.49. The summed E-state index contributed by atoms with van der Waals surface area (Å²) < 4.78 is 5.12. The summed E-state index contributed by atoms with van der Waals surface area (Å²) in [5.74, 6) is 1.07. The molecule has 1 saturated carbocycles. The molecule has 0 heterocycles. The molecule has 0 atom stereocenters. The molecule has 0 spiro atoms. The van der Waals surface area contributed by atoms with Crippen LogP contribution in [0.4, 0.5) is 0 Å². The number of carbonyl (C=O) groups is 1. The topological polar surface area (TPSA) is 52.3 Å². The first-order chi connectivity index (χ1) is 9.14. The van der Waals surface area contributed by atoms with Crippen molar-refractivity contribution in [2.24, 2.45) is 5.73 Å². The summed E-state index contributed by atoms with van der Waals surface area (Å²) >= 11 is 0. The Morgan fingerprint density at radius 1 is 1.21 bits per heavy atom. The van der Waals surface area contributed by atoms with Crippen LogP contribution in [0.15, 0.2) is 24.3 Å². The summed E-state index contributed by atoms with van der Waals surface area (Å²) in [5.41, 5.74) is 6.85. The van der Waals surface area contributed by atoms with Gasteiger partial charge < -0.3 is 10.5 Å². The number of benzene rings is 1. The molecule has 0 saturated heterocycles. The van der Waals surface area contributed by atoms with E-state index in [1.165, 1.54) is 6.42 Å². The molecule has 19 heavy (non-hydrogen) atoms. The fourth-order valence-corrected chi connectivity index (χ4v) is 2.76. The lowest BCUT2D eigenvalue weighted by Gasteiger charge is -2.31. The van der Waals surface area contributed by atoms with Crippen LogP contribution in [0.3, 0.4) is 0 Å². The average Bonchev–Trinajstić information content (AvgIpc) is 2.46. The second-order valence-corrected chi connectivity index (χ2v) is 5.49. The van der Waals surface area contributed by atoms with E-state index in [2.05, 4.69) is 0 Å². The summed E-state index contributed by atoms with van der Waals surface area (Å²) in [5, 5.41) is 0. The minimum Gasteiger partial charge on any atom is -0.497 e. The van der Waals surface area contributed by atoms with Gasteiger partial charge in [-0.05, 0) is 37.0 Å². The monoisotopic (exact) mass is 261 g/mol. The number of nitrogens with two attached hydrogens (primary N) is 1. The lowest BCUT2D eigenvalue weighted by molar-refractivity contribution is -0.125. The summed E-state index contributed by atoms with van der Waals surface area (Å²) in [6, 6.07) is 7.88. The third-order valence-corrected chi connectivity index (χ3v) is 4.10. The Balaban J connectivity index is 1.88. The minimum atomic E-state index is -0.551. The Morgan fingerprint density at radius 2 is 1.84 bits per heavy atom. The average molecular weight is 261 g/mol. The van der Waals surface area contributed by atoms with Crippen molar-refractivity contribution in [3.8, 4) is 5.75 Å². The molecule has 1 aliphatic rings. The second kappa shape index (κ2) is 6.20. The number of aryl methyl sites for hydroxylation is 1. The lowest BCUT2D eigenvalue weighted by Crippen LogP contribution is -2.49. The normalized spacial score (nSPS) is 18.0. The van der Waals surface area contributed by atoms with Gasteiger partial charge in [-0.3, -0.25) is 4.79 Å². The Kier molecular flexibility index (Phi) is 4.59. The van der Waals surface area contributed by atoms with E-state index in [0.717, 1.165) is 43.4 Å². The van der Waals surface area contributed by atoms with E-state index >= 15 is 0 Å². The van der Waals surface area contributed by atoms with E-state index in [-0.39, 0.29) is 5.78 Å². The van der Waals surface area contributed by atoms with Crippen LogP contribution in [0.2, 0.25) is 0 Å². The summed E-state index contributed by atoms with van der Waals surface area (Å²) in [6.07, 6.45) is 6.41. The molecule has 104 valence electrons. The van der Waals surface area contributed by atoms with Crippen LogP contribution in [0, 0.1) is 0 Å². The van der Waals surface area contributed by atoms with Gasteiger partial charge in [-0.15, -0.1) is 0 Å². The van der Waals surface area contributed by atoms with Gasteiger partial charge in [0, 0.05) is 6.42 Å². The number of hydrogen-bond donors (Lipinski definition) is 1. The molecule has 0 unspecified atom stereocenters. The van der Waals surface area contributed by atoms with Crippen LogP contribution in [0.25, 0.3) is 0 Å². The van der Waals surface area contributed by atoms with Gasteiger partial charge in [0.25, 0.3) is 0 Å². The van der Waals surface area contributed by atoms with Gasteiger partial charge in [0.15, 0.2) is 5.78 Å². The zero-order valence-corrected chi connectivity index (χ0v) is 11.7. The van der Waals surface area contributed by atoms with Crippen LogP contribution in [0.5, 0.6) is 5.75 Å². The molecule has 0 aliphatic heterocycles. The molecule has 1 fully saturated rings. The maximum atomic E-state index is 12.3. The van der Waals surface area contributed by atoms with Crippen molar-refractivity contribution in [1.82, 2.24) is 0 Å². The maximum absolute atomic E-state index is 12.3. The molecule has 1 aromatic carbocycles. The molecule has 0 radical (unpaired) electrons. The van der Waals surface area contributed by atoms with E-state index in [4.69, 9.17) is 10.5 Å². The van der Waals surface area contributed by atoms with E-state index in [1.807, 2.05) is 24.3 Å². The molecular weight excluding hydrogens is 238 g/mol. The van der Waals surface area contributed by atoms with E-state index in [0.29, 0.717) is 6.42 Å². The van der Waals surface area contributed by atoms with E-state index in [1.54, 1.807) is 7.11 Å². The minimum absolute atomic E-state index is 0.225. The molecule has 0 bridgehead atoms. The molecule has 0 aromatic heterocycles. The molecule has 0 amide bonds. The summed E-state index contributed by atoms with van der Waals surface area (Å²) in [7, 11) is 1.65. The van der Waals surface area contributed by atoms with Gasteiger partial charge in [0.2, 0.25) is 0 Å². The van der Waals surface area contributed by atoms with Crippen molar-refractivity contribution in [3.63, 3.8) is 0 Å². The van der Waals surface area contributed by atoms with Crippen molar-refractivity contribution in [2.45, 2.75) is 50.5 Å². The van der Waals surface area contributed by atoms with Crippen molar-refractivity contribution in [2.75, 3.05) is 7.11 Å². The van der Waals surface area contributed by atoms with Crippen LogP contribution >= 0.6 is 0 Å². The Morgan fingerprint density at radius 3 is 2.42 bits per heavy atom. The SMILES string of the molecule is COc1ccc(CCC(=O)C2(N)CCCCC2)cc1. The zero-order chi connectivity index (χ0) is 13.7. The van der Waals surface area contributed by atoms with Crippen LogP contribution < -0.4 is 10.5 Å². The van der Waals surface area contributed by atoms with Gasteiger partial charge in [-0.2, -0.15) is 0 Å². The predicted octanol–water partition coefficient (Wildman–Crippen LogP) is 2.86. The third kappa shape index (κ3) is 3.57. The highest BCUT2D eigenvalue weighted by Crippen LogP contribution is 2.28. The highest BCUT2D eigenvalue weighted by Gasteiger charge is 2.34.